The molecule has 5 nitrogen and oxygen atoms in total. The molecule has 1 aliphatic rings. The molecule has 0 bridgehead atoms. The van der Waals surface area contributed by atoms with E-state index in [1.807, 2.05) is 17.2 Å². The summed E-state index contributed by atoms with van der Waals surface area (Å²) in [4.78, 5) is 19.0. The third-order valence-corrected chi connectivity index (χ3v) is 4.76. The van der Waals surface area contributed by atoms with Crippen LogP contribution in [0.1, 0.15) is 28.9 Å². The quantitative estimate of drug-likeness (QED) is 0.807. The normalized spacial score (nSPS) is 18.0. The molecule has 0 radical (unpaired) electrons. The molecule has 24 heavy (non-hydrogen) atoms. The van der Waals surface area contributed by atoms with Gasteiger partial charge in [-0.2, -0.15) is 5.10 Å². The lowest BCUT2D eigenvalue weighted by molar-refractivity contribution is 0.0667. The molecule has 0 spiro atoms. The highest BCUT2D eigenvalue weighted by atomic mass is 16.2. The molecule has 3 heterocycles. The first-order chi connectivity index (χ1) is 11.8. The van der Waals surface area contributed by atoms with Crippen LogP contribution in [-0.4, -0.2) is 39.1 Å². The fraction of sp³-hybridized carbons (Fsp3) is 0.316. The smallest absolute Gasteiger partial charge is 0.271 e. The number of likely N-dealkylation sites (tertiary alicyclic amines) is 1. The van der Waals surface area contributed by atoms with E-state index in [1.165, 1.54) is 10.9 Å². The van der Waals surface area contributed by atoms with Gasteiger partial charge < -0.3 is 4.90 Å². The number of nitrogens with zero attached hydrogens (tertiary/aromatic N) is 3. The van der Waals surface area contributed by atoms with Gasteiger partial charge in [0.05, 0.1) is 5.52 Å². The van der Waals surface area contributed by atoms with Gasteiger partial charge in [0, 0.05) is 30.9 Å². The summed E-state index contributed by atoms with van der Waals surface area (Å²) in [5, 5.41) is 7.83. The standard InChI is InChI=1S/C19H20N4O/c24-19(17-8-10-21-22-17)23-11-3-4-14(13-23)12-16-6-1-5-15-7-2-9-20-18(15)16/h1-2,5-10,14H,3-4,11-13H2,(H,21,22)/t14-/m0/s1. The fourth-order valence-corrected chi connectivity index (χ4v) is 3.60. The molecule has 4 rings (SSSR count). The van der Waals surface area contributed by atoms with Crippen LogP contribution in [0.3, 0.4) is 0 Å². The lowest BCUT2D eigenvalue weighted by Crippen LogP contribution is -2.40. The predicted octanol–water partition coefficient (Wildman–Crippen LogP) is 3.05. The second kappa shape index (κ2) is 6.43. The highest BCUT2D eigenvalue weighted by Gasteiger charge is 2.25. The first-order valence-electron chi connectivity index (χ1n) is 8.42. The van der Waals surface area contributed by atoms with Crippen molar-refractivity contribution < 1.29 is 4.79 Å². The van der Waals surface area contributed by atoms with Crippen LogP contribution < -0.4 is 0 Å². The Bertz CT molecular complexity index is 838. The van der Waals surface area contributed by atoms with Gasteiger partial charge in [-0.1, -0.05) is 24.3 Å². The van der Waals surface area contributed by atoms with Crippen LogP contribution in [0.15, 0.2) is 48.8 Å². The van der Waals surface area contributed by atoms with Crippen molar-refractivity contribution in [3.05, 3.63) is 60.0 Å². The Morgan fingerprint density at radius 1 is 1.21 bits per heavy atom. The minimum absolute atomic E-state index is 0.0493. The van der Waals surface area contributed by atoms with Crippen molar-refractivity contribution in [2.75, 3.05) is 13.1 Å². The van der Waals surface area contributed by atoms with E-state index in [2.05, 4.69) is 39.4 Å². The number of hydrogen-bond donors (Lipinski definition) is 1. The number of hydrogen-bond acceptors (Lipinski definition) is 3. The summed E-state index contributed by atoms with van der Waals surface area (Å²) >= 11 is 0. The number of H-pyrrole nitrogens is 1. The van der Waals surface area contributed by atoms with Gasteiger partial charge in [-0.15, -0.1) is 0 Å². The summed E-state index contributed by atoms with van der Waals surface area (Å²) in [6, 6.07) is 12.2. The second-order valence-corrected chi connectivity index (χ2v) is 6.43. The highest BCUT2D eigenvalue weighted by molar-refractivity contribution is 5.92. The Labute approximate surface area is 140 Å². The number of benzene rings is 1. The topological polar surface area (TPSA) is 61.9 Å². The molecule has 1 saturated heterocycles. The average Bonchev–Trinajstić information content (AvgIpc) is 3.16. The third-order valence-electron chi connectivity index (χ3n) is 4.76. The molecule has 0 unspecified atom stereocenters. The number of nitrogens with one attached hydrogen (secondary N) is 1. The molecule has 1 aromatic carbocycles. The van der Waals surface area contributed by atoms with Crippen molar-refractivity contribution in [1.82, 2.24) is 20.1 Å². The van der Waals surface area contributed by atoms with Crippen LogP contribution in [0, 0.1) is 5.92 Å². The van der Waals surface area contributed by atoms with Crippen LogP contribution >= 0.6 is 0 Å². The summed E-state index contributed by atoms with van der Waals surface area (Å²) in [5.74, 6) is 0.520. The summed E-state index contributed by atoms with van der Waals surface area (Å²) in [7, 11) is 0. The molecule has 3 aromatic rings. The highest BCUT2D eigenvalue weighted by Crippen LogP contribution is 2.25. The van der Waals surface area contributed by atoms with Crippen LogP contribution in [-0.2, 0) is 6.42 Å². The van der Waals surface area contributed by atoms with Gasteiger partial charge in [-0.3, -0.25) is 14.9 Å². The number of aromatic amines is 1. The molecule has 1 atom stereocenters. The minimum Gasteiger partial charge on any atom is -0.337 e. The number of para-hydroxylation sites is 1. The zero-order valence-electron chi connectivity index (χ0n) is 13.5. The van der Waals surface area contributed by atoms with E-state index in [0.717, 1.165) is 37.9 Å². The number of aromatic nitrogens is 3. The maximum Gasteiger partial charge on any atom is 0.271 e. The molecule has 2 aromatic heterocycles. The number of amides is 1. The molecule has 1 fully saturated rings. The average molecular weight is 320 g/mol. The summed E-state index contributed by atoms with van der Waals surface area (Å²) in [6.45, 7) is 1.61. The number of rotatable bonds is 3. The van der Waals surface area contributed by atoms with Crippen LogP contribution in [0.5, 0.6) is 0 Å². The number of pyridine rings is 1. The van der Waals surface area contributed by atoms with Crippen molar-refractivity contribution >= 4 is 16.8 Å². The van der Waals surface area contributed by atoms with Gasteiger partial charge >= 0.3 is 0 Å². The van der Waals surface area contributed by atoms with Gasteiger partial charge in [0.25, 0.3) is 5.91 Å². The second-order valence-electron chi connectivity index (χ2n) is 6.43. The number of carbonyl (C=O) groups excluding carboxylic acids is 1. The van der Waals surface area contributed by atoms with E-state index >= 15 is 0 Å². The predicted molar refractivity (Wildman–Crippen MR) is 92.7 cm³/mol. The van der Waals surface area contributed by atoms with Crippen molar-refractivity contribution in [2.45, 2.75) is 19.3 Å². The molecule has 5 heteroatoms. The Morgan fingerprint density at radius 2 is 2.12 bits per heavy atom. The minimum atomic E-state index is 0.0493. The summed E-state index contributed by atoms with van der Waals surface area (Å²) in [5.41, 5.74) is 2.92. The van der Waals surface area contributed by atoms with Crippen LogP contribution in [0.2, 0.25) is 0 Å². The fourth-order valence-electron chi connectivity index (χ4n) is 3.60. The first kappa shape index (κ1) is 14.9. The Kier molecular flexibility index (Phi) is 3.99. The van der Waals surface area contributed by atoms with Crippen LogP contribution in [0.25, 0.3) is 10.9 Å². The molecule has 0 saturated carbocycles. The van der Waals surface area contributed by atoms with Gasteiger partial charge in [-0.25, -0.2) is 0 Å². The lowest BCUT2D eigenvalue weighted by atomic mass is 9.90. The van der Waals surface area contributed by atoms with Gasteiger partial charge in [0.1, 0.15) is 5.69 Å². The van der Waals surface area contributed by atoms with E-state index in [1.54, 1.807) is 12.3 Å². The molecule has 1 N–H and O–H groups in total. The van der Waals surface area contributed by atoms with Gasteiger partial charge in [0.2, 0.25) is 0 Å². The van der Waals surface area contributed by atoms with Crippen molar-refractivity contribution in [2.24, 2.45) is 5.92 Å². The summed E-state index contributed by atoms with van der Waals surface area (Å²) in [6.07, 6.45) is 6.62. The zero-order chi connectivity index (χ0) is 16.4. The van der Waals surface area contributed by atoms with E-state index < -0.39 is 0 Å². The van der Waals surface area contributed by atoms with Crippen molar-refractivity contribution in [3.63, 3.8) is 0 Å². The summed E-state index contributed by atoms with van der Waals surface area (Å²) < 4.78 is 0. The number of carbonyl (C=O) groups is 1. The maximum absolute atomic E-state index is 12.5. The van der Waals surface area contributed by atoms with Crippen LogP contribution in [0.4, 0.5) is 0 Å². The van der Waals surface area contributed by atoms with Gasteiger partial charge in [0.15, 0.2) is 0 Å². The number of fused-ring (bicyclic) bond motifs is 1. The largest absolute Gasteiger partial charge is 0.337 e. The number of piperidine rings is 1. The Hall–Kier alpha value is -2.69. The molecular weight excluding hydrogens is 300 g/mol. The van der Waals surface area contributed by atoms with E-state index in [-0.39, 0.29) is 5.91 Å². The maximum atomic E-state index is 12.5. The van der Waals surface area contributed by atoms with E-state index in [0.29, 0.717) is 11.6 Å². The molecular formula is C19H20N4O. The molecule has 122 valence electrons. The zero-order valence-corrected chi connectivity index (χ0v) is 13.5. The molecule has 0 aliphatic carbocycles. The third kappa shape index (κ3) is 2.89. The van der Waals surface area contributed by atoms with Crippen molar-refractivity contribution in [1.29, 1.82) is 0 Å². The van der Waals surface area contributed by atoms with Gasteiger partial charge in [-0.05, 0) is 42.9 Å². The molecule has 1 aliphatic heterocycles. The van der Waals surface area contributed by atoms with Crippen molar-refractivity contribution in [3.8, 4) is 0 Å². The SMILES string of the molecule is O=C(c1ccn[nH]1)N1CCC[C@@H](Cc2cccc3cccnc23)C1. The molecule has 1 amide bonds. The lowest BCUT2D eigenvalue weighted by Gasteiger charge is -2.32. The van der Waals surface area contributed by atoms with E-state index in [9.17, 15) is 4.79 Å². The Morgan fingerprint density at radius 3 is 3.00 bits per heavy atom. The first-order valence-corrected chi connectivity index (χ1v) is 8.42. The monoisotopic (exact) mass is 320 g/mol. The Balaban J connectivity index is 1.51. The van der Waals surface area contributed by atoms with E-state index in [4.69, 9.17) is 0 Å².